The Morgan fingerprint density at radius 1 is 0.900 bits per heavy atom. The van der Waals surface area contributed by atoms with Gasteiger partial charge in [-0.2, -0.15) is 0 Å². The van der Waals surface area contributed by atoms with E-state index < -0.39 is 0 Å². The number of nitrogens with zero attached hydrogens (tertiary/aromatic N) is 2. The van der Waals surface area contributed by atoms with Crippen molar-refractivity contribution >= 4 is 5.69 Å². The van der Waals surface area contributed by atoms with E-state index in [0.717, 1.165) is 16.4 Å². The van der Waals surface area contributed by atoms with E-state index in [1.165, 1.54) is 12.1 Å². The van der Waals surface area contributed by atoms with Crippen molar-refractivity contribution in [2.24, 2.45) is 0 Å². The molecule has 2 nitrogen and oxygen atoms in total. The number of halogens is 2. The van der Waals surface area contributed by atoms with Gasteiger partial charge in [-0.3, -0.25) is 0 Å². The van der Waals surface area contributed by atoms with E-state index in [0.29, 0.717) is 19.6 Å². The number of anilines is 1. The fourth-order valence-corrected chi connectivity index (χ4v) is 2.65. The molecule has 4 heteroatoms. The van der Waals surface area contributed by atoms with E-state index in [2.05, 4.69) is 4.90 Å². The molecule has 0 radical (unpaired) electrons. The van der Waals surface area contributed by atoms with Crippen LogP contribution in [-0.2, 0) is 0 Å². The Balaban J connectivity index is 1.92. The highest BCUT2D eigenvalue weighted by Crippen LogP contribution is 2.30. The molecular weight excluding hydrogens is 258 g/mol. The Morgan fingerprint density at radius 3 is 2.30 bits per heavy atom. The van der Waals surface area contributed by atoms with Crippen LogP contribution in [0.4, 0.5) is 14.6 Å². The molecule has 20 heavy (non-hydrogen) atoms. The zero-order valence-electron chi connectivity index (χ0n) is 11.0. The van der Waals surface area contributed by atoms with Crippen LogP contribution in [0, 0.1) is 5.82 Å². The van der Waals surface area contributed by atoms with Gasteiger partial charge in [0.2, 0.25) is 0 Å². The van der Waals surface area contributed by atoms with Gasteiger partial charge in [-0.05, 0) is 29.8 Å². The van der Waals surface area contributed by atoms with Gasteiger partial charge < -0.3 is 4.90 Å². The minimum absolute atomic E-state index is 0.0552. The molecule has 1 unspecified atom stereocenters. The monoisotopic (exact) mass is 274 g/mol. The van der Waals surface area contributed by atoms with Crippen LogP contribution in [0.25, 0.3) is 0 Å². The molecule has 0 aliphatic carbocycles. The summed E-state index contributed by atoms with van der Waals surface area (Å²) in [5.74, 6) is -0.255. The van der Waals surface area contributed by atoms with Gasteiger partial charge in [-0.1, -0.05) is 30.3 Å². The third kappa shape index (κ3) is 2.65. The van der Waals surface area contributed by atoms with Gasteiger partial charge >= 0.3 is 0 Å². The van der Waals surface area contributed by atoms with Crippen LogP contribution in [0.2, 0.25) is 0 Å². The third-order valence-corrected chi connectivity index (χ3v) is 3.67. The summed E-state index contributed by atoms with van der Waals surface area (Å²) in [6, 6.07) is 16.2. The van der Waals surface area contributed by atoms with Gasteiger partial charge in [0, 0.05) is 18.8 Å². The summed E-state index contributed by atoms with van der Waals surface area (Å²) in [6.45, 7) is 1.27. The standard InChI is InChI=1S/C16H16F2N2/c17-14-6-8-15(9-7-14)20-11-10-19(18)12-16(20)13-4-2-1-3-5-13/h1-9,16H,10-12H2. The van der Waals surface area contributed by atoms with Crippen molar-refractivity contribution in [2.45, 2.75) is 6.04 Å². The molecule has 0 amide bonds. The second-order valence-corrected chi connectivity index (χ2v) is 4.97. The van der Waals surface area contributed by atoms with E-state index in [1.807, 2.05) is 30.3 Å². The highest BCUT2D eigenvalue weighted by molar-refractivity contribution is 5.49. The average Bonchev–Trinajstić information content (AvgIpc) is 2.49. The fourth-order valence-electron chi connectivity index (χ4n) is 2.65. The summed E-state index contributed by atoms with van der Waals surface area (Å²) in [4.78, 5) is 2.13. The van der Waals surface area contributed by atoms with Crippen LogP contribution in [0.5, 0.6) is 0 Å². The van der Waals surface area contributed by atoms with Crippen LogP contribution < -0.4 is 4.90 Å². The number of hydrogen-bond donors (Lipinski definition) is 0. The van der Waals surface area contributed by atoms with Crippen molar-refractivity contribution in [2.75, 3.05) is 24.5 Å². The second-order valence-electron chi connectivity index (χ2n) is 4.97. The molecule has 1 aliphatic rings. The maximum atomic E-state index is 13.6. The van der Waals surface area contributed by atoms with Crippen LogP contribution in [0.1, 0.15) is 11.6 Å². The average molecular weight is 274 g/mol. The first-order valence-corrected chi connectivity index (χ1v) is 6.72. The predicted octanol–water partition coefficient (Wildman–Crippen LogP) is 3.57. The molecule has 0 N–H and O–H groups in total. The van der Waals surface area contributed by atoms with Crippen molar-refractivity contribution in [3.05, 3.63) is 66.0 Å². The normalized spacial score (nSPS) is 20.1. The molecule has 3 rings (SSSR count). The largest absolute Gasteiger partial charge is 0.362 e. The van der Waals surface area contributed by atoms with Crippen LogP contribution in [0.15, 0.2) is 54.6 Å². The number of hydrogen-bond acceptors (Lipinski definition) is 2. The Morgan fingerprint density at radius 2 is 1.60 bits per heavy atom. The number of benzene rings is 2. The molecule has 1 saturated heterocycles. The van der Waals surface area contributed by atoms with Gasteiger partial charge in [0.05, 0.1) is 12.6 Å². The highest BCUT2D eigenvalue weighted by atomic mass is 19.2. The van der Waals surface area contributed by atoms with Crippen molar-refractivity contribution in [3.8, 4) is 0 Å². The molecule has 1 heterocycles. The third-order valence-electron chi connectivity index (χ3n) is 3.67. The maximum absolute atomic E-state index is 13.6. The minimum atomic E-state index is -0.255. The zero-order valence-corrected chi connectivity index (χ0v) is 11.0. The molecular formula is C16H16F2N2. The Bertz CT molecular complexity index is 556. The van der Waals surface area contributed by atoms with Gasteiger partial charge in [0.25, 0.3) is 0 Å². The Hall–Kier alpha value is -1.94. The highest BCUT2D eigenvalue weighted by Gasteiger charge is 2.28. The molecule has 104 valence electrons. The molecule has 1 aliphatic heterocycles. The van der Waals surface area contributed by atoms with Crippen molar-refractivity contribution in [1.29, 1.82) is 0 Å². The Labute approximate surface area is 117 Å². The van der Waals surface area contributed by atoms with Crippen LogP contribution in [-0.4, -0.2) is 24.8 Å². The molecule has 1 atom stereocenters. The summed E-state index contributed by atoms with van der Waals surface area (Å²) >= 11 is 0. The van der Waals surface area contributed by atoms with Gasteiger partial charge in [-0.25, -0.2) is 4.39 Å². The molecule has 2 aromatic carbocycles. The zero-order chi connectivity index (χ0) is 13.9. The Kier molecular flexibility index (Phi) is 3.65. The lowest BCUT2D eigenvalue weighted by Crippen LogP contribution is -2.45. The van der Waals surface area contributed by atoms with E-state index in [4.69, 9.17) is 0 Å². The first-order chi connectivity index (χ1) is 9.74. The number of piperazine rings is 1. The van der Waals surface area contributed by atoms with Crippen LogP contribution in [0.3, 0.4) is 0 Å². The lowest BCUT2D eigenvalue weighted by atomic mass is 10.0. The lowest BCUT2D eigenvalue weighted by Gasteiger charge is -2.40. The van der Waals surface area contributed by atoms with Crippen LogP contribution >= 0.6 is 0 Å². The van der Waals surface area contributed by atoms with E-state index >= 15 is 0 Å². The van der Waals surface area contributed by atoms with Crippen molar-refractivity contribution in [1.82, 2.24) is 5.12 Å². The topological polar surface area (TPSA) is 6.48 Å². The minimum Gasteiger partial charge on any atom is -0.362 e. The van der Waals surface area contributed by atoms with E-state index in [-0.39, 0.29) is 11.9 Å². The predicted molar refractivity (Wildman–Crippen MR) is 75.6 cm³/mol. The smallest absolute Gasteiger partial charge is 0.123 e. The molecule has 0 spiro atoms. The SMILES string of the molecule is Fc1ccc(N2CCN(F)CC2c2ccccc2)cc1. The molecule has 1 fully saturated rings. The fraction of sp³-hybridized carbons (Fsp3) is 0.250. The quantitative estimate of drug-likeness (QED) is 0.772. The molecule has 0 aromatic heterocycles. The summed E-state index contributed by atoms with van der Waals surface area (Å²) in [5.41, 5.74) is 1.99. The summed E-state index contributed by atoms with van der Waals surface area (Å²) in [5, 5.41) is 0.845. The first-order valence-electron chi connectivity index (χ1n) is 6.72. The van der Waals surface area contributed by atoms with Gasteiger partial charge in [0.15, 0.2) is 0 Å². The van der Waals surface area contributed by atoms with Gasteiger partial charge in [0.1, 0.15) is 5.82 Å². The summed E-state index contributed by atoms with van der Waals surface area (Å²) in [6.07, 6.45) is 0. The number of rotatable bonds is 2. The maximum Gasteiger partial charge on any atom is 0.123 e. The molecule has 0 bridgehead atoms. The molecule has 0 saturated carbocycles. The summed E-state index contributed by atoms with van der Waals surface area (Å²) < 4.78 is 26.7. The van der Waals surface area contributed by atoms with Gasteiger partial charge in [-0.15, -0.1) is 9.60 Å². The van der Waals surface area contributed by atoms with E-state index in [9.17, 15) is 8.87 Å². The van der Waals surface area contributed by atoms with E-state index in [1.54, 1.807) is 12.1 Å². The second kappa shape index (κ2) is 5.59. The first kappa shape index (κ1) is 13.1. The summed E-state index contributed by atoms with van der Waals surface area (Å²) in [7, 11) is 0. The van der Waals surface area contributed by atoms with Crippen molar-refractivity contribution < 1.29 is 8.87 Å². The lowest BCUT2D eigenvalue weighted by molar-refractivity contribution is 0.00548. The van der Waals surface area contributed by atoms with Crippen molar-refractivity contribution in [3.63, 3.8) is 0 Å². The molecule has 2 aromatic rings.